The molecule has 0 aromatic heterocycles. The van der Waals surface area contributed by atoms with E-state index in [1.165, 1.54) is 13.8 Å². The second-order valence-corrected chi connectivity index (χ2v) is 17.5. The highest BCUT2D eigenvalue weighted by atomic mass is 16.7. The molecule has 6 rings (SSSR count). The average Bonchev–Trinajstić information content (AvgIpc) is 3.00. The zero-order valence-electron chi connectivity index (χ0n) is 30.2. The van der Waals surface area contributed by atoms with E-state index >= 15 is 0 Å². The Labute approximate surface area is 289 Å². The van der Waals surface area contributed by atoms with E-state index in [9.17, 15) is 29.2 Å². The summed E-state index contributed by atoms with van der Waals surface area (Å²) in [5.41, 5.74) is -1.46. The number of nitriles is 1. The van der Waals surface area contributed by atoms with Gasteiger partial charge in [0.1, 0.15) is 12.2 Å². The maximum absolute atomic E-state index is 14.6. The number of fused-ring (bicyclic) bond motifs is 7. The second kappa shape index (κ2) is 11.9. The summed E-state index contributed by atoms with van der Waals surface area (Å²) in [6.45, 7) is 15.1. The van der Waals surface area contributed by atoms with Gasteiger partial charge in [0.25, 0.3) is 0 Å². The number of ether oxygens (including phenoxy) is 4. The Bertz CT molecular complexity index is 1580. The van der Waals surface area contributed by atoms with E-state index in [2.05, 4.69) is 33.8 Å². The van der Waals surface area contributed by atoms with Crippen LogP contribution in [0.25, 0.3) is 0 Å². The van der Waals surface area contributed by atoms with Gasteiger partial charge in [0.2, 0.25) is 6.29 Å². The summed E-state index contributed by atoms with van der Waals surface area (Å²) in [5, 5.41) is 9.96. The first-order valence-electron chi connectivity index (χ1n) is 17.9. The lowest BCUT2D eigenvalue weighted by molar-refractivity contribution is -0.240. The molecule has 0 radical (unpaired) electrons. The minimum Gasteiger partial charge on any atom is -0.458 e. The predicted molar refractivity (Wildman–Crippen MR) is 176 cm³/mol. The normalized spacial score (nSPS) is 42.0. The molecule has 0 N–H and O–H groups in total. The molecule has 0 bridgehead atoms. The Morgan fingerprint density at radius 3 is 2.20 bits per heavy atom. The third kappa shape index (κ3) is 5.59. The molecule has 1 aliphatic heterocycles. The highest BCUT2D eigenvalue weighted by Crippen LogP contribution is 2.70. The summed E-state index contributed by atoms with van der Waals surface area (Å²) in [4.78, 5) is 65.9. The lowest BCUT2D eigenvalue weighted by atomic mass is 9.38. The minimum atomic E-state index is -0.994. The lowest BCUT2D eigenvalue weighted by Gasteiger charge is -2.64. The van der Waals surface area contributed by atoms with Crippen molar-refractivity contribution in [2.75, 3.05) is 6.61 Å². The van der Waals surface area contributed by atoms with Crippen LogP contribution in [0.2, 0.25) is 0 Å². The first kappa shape index (κ1) is 35.5. The fraction of sp³-hybridized carbons (Fsp3) is 0.744. The van der Waals surface area contributed by atoms with Gasteiger partial charge in [-0.1, -0.05) is 53.2 Å². The van der Waals surface area contributed by atoms with Crippen molar-refractivity contribution in [2.24, 2.45) is 50.7 Å². The number of ketones is 2. The number of nitrogens with zero attached hydrogens (tertiary/aromatic N) is 1. The smallest absolute Gasteiger partial charge is 0.314 e. The maximum Gasteiger partial charge on any atom is 0.314 e. The molecule has 0 amide bonds. The molecule has 6 aliphatic rings. The quantitative estimate of drug-likeness (QED) is 0.258. The first-order chi connectivity index (χ1) is 22.8. The van der Waals surface area contributed by atoms with Crippen molar-refractivity contribution < 1.29 is 42.9 Å². The molecule has 0 spiro atoms. The molecule has 1 heterocycles. The number of hydrogen-bond acceptors (Lipinski definition) is 10. The molecule has 4 fully saturated rings. The largest absolute Gasteiger partial charge is 0.458 e. The molecule has 0 aromatic rings. The van der Waals surface area contributed by atoms with Gasteiger partial charge in [-0.15, -0.1) is 0 Å². The van der Waals surface area contributed by atoms with E-state index in [0.717, 1.165) is 24.8 Å². The van der Waals surface area contributed by atoms with Crippen molar-refractivity contribution in [1.82, 2.24) is 0 Å². The molecule has 266 valence electrons. The van der Waals surface area contributed by atoms with Crippen LogP contribution in [0.3, 0.4) is 0 Å². The number of rotatable bonds is 4. The first-order valence-corrected chi connectivity index (χ1v) is 17.9. The summed E-state index contributed by atoms with van der Waals surface area (Å²) in [6.07, 6.45) is 6.05. The highest BCUT2D eigenvalue weighted by molar-refractivity contribution is 6.04. The number of carbonyl (C=O) groups is 5. The molecular formula is C39H51NO9. The Morgan fingerprint density at radius 2 is 1.55 bits per heavy atom. The molecule has 1 saturated heterocycles. The van der Waals surface area contributed by atoms with E-state index in [0.29, 0.717) is 25.7 Å². The second-order valence-electron chi connectivity index (χ2n) is 17.5. The van der Waals surface area contributed by atoms with E-state index in [4.69, 9.17) is 18.9 Å². The zero-order chi connectivity index (χ0) is 35.9. The van der Waals surface area contributed by atoms with Crippen LogP contribution in [0, 0.1) is 62.1 Å². The predicted octanol–water partition coefficient (Wildman–Crippen LogP) is 5.97. The summed E-state index contributed by atoms with van der Waals surface area (Å²) in [6, 6.07) is 2.15. The van der Waals surface area contributed by atoms with Crippen LogP contribution in [0.5, 0.6) is 0 Å². The third-order valence-electron chi connectivity index (χ3n) is 13.6. The van der Waals surface area contributed by atoms with Crippen molar-refractivity contribution >= 4 is 29.5 Å². The number of Topliss-reactive ketones (excluding diaryl/α,β-unsaturated/α-hetero) is 1. The van der Waals surface area contributed by atoms with E-state index in [-0.39, 0.29) is 70.6 Å². The molecular weight excluding hydrogens is 626 g/mol. The van der Waals surface area contributed by atoms with E-state index in [1.54, 1.807) is 0 Å². The van der Waals surface area contributed by atoms with Gasteiger partial charge < -0.3 is 18.9 Å². The Kier molecular flexibility index (Phi) is 8.61. The number of esters is 3. The van der Waals surface area contributed by atoms with Crippen LogP contribution >= 0.6 is 0 Å². The topological polar surface area (TPSA) is 146 Å². The molecule has 10 atom stereocenters. The van der Waals surface area contributed by atoms with Gasteiger partial charge in [0.15, 0.2) is 17.7 Å². The van der Waals surface area contributed by atoms with Gasteiger partial charge in [-0.3, -0.25) is 24.0 Å². The van der Waals surface area contributed by atoms with Crippen molar-refractivity contribution in [1.29, 1.82) is 5.26 Å². The van der Waals surface area contributed by atoms with Crippen molar-refractivity contribution in [3.05, 3.63) is 23.3 Å². The molecule has 10 nitrogen and oxygen atoms in total. The van der Waals surface area contributed by atoms with Crippen molar-refractivity contribution in [2.45, 2.75) is 125 Å². The molecule has 5 aliphatic carbocycles. The van der Waals surface area contributed by atoms with Crippen LogP contribution in [0.15, 0.2) is 23.3 Å². The Morgan fingerprint density at radius 1 is 0.878 bits per heavy atom. The van der Waals surface area contributed by atoms with Gasteiger partial charge in [-0.05, 0) is 79.6 Å². The fourth-order valence-corrected chi connectivity index (χ4v) is 11.3. The average molecular weight is 678 g/mol. The zero-order valence-corrected chi connectivity index (χ0v) is 30.2. The Hall–Kier alpha value is -3.32. The van der Waals surface area contributed by atoms with Crippen LogP contribution < -0.4 is 0 Å². The van der Waals surface area contributed by atoms with Gasteiger partial charge in [-0.2, -0.15) is 5.26 Å². The van der Waals surface area contributed by atoms with Crippen LogP contribution in [-0.4, -0.2) is 54.6 Å². The fourth-order valence-electron chi connectivity index (χ4n) is 11.3. The third-order valence-corrected chi connectivity index (χ3v) is 13.6. The van der Waals surface area contributed by atoms with Crippen molar-refractivity contribution in [3.8, 4) is 6.07 Å². The van der Waals surface area contributed by atoms with Gasteiger partial charge >= 0.3 is 17.9 Å². The molecule has 49 heavy (non-hydrogen) atoms. The van der Waals surface area contributed by atoms with Crippen molar-refractivity contribution in [3.63, 3.8) is 0 Å². The standard InChI is InChI=1S/C39H51NO9/c1-21(41)47-27-16-31(46-20-28(27)48-22(2)42)49-34(45)39-12-9-24-32(25(39)18-35(3,4)13-14-39)26(43)15-30-37(24,7)11-10-29-36(5,6)33(44)23(19-40)17-38(29,30)8/h15,17,24-25,27-29,31-32H,9-14,16,18,20H2,1-8H3/t24?,25?,27?,28-,29?,31?,32?,37-,38-,39+/m0/s1. The van der Waals surface area contributed by atoms with Crippen LogP contribution in [-0.2, 0) is 42.9 Å². The van der Waals surface area contributed by atoms with Gasteiger partial charge in [-0.25, -0.2) is 0 Å². The summed E-state index contributed by atoms with van der Waals surface area (Å²) in [5.74, 6) is -2.22. The van der Waals surface area contributed by atoms with Gasteiger partial charge in [0.05, 0.1) is 24.0 Å². The molecule has 6 unspecified atom stereocenters. The van der Waals surface area contributed by atoms with E-state index in [1.807, 2.05) is 26.0 Å². The summed E-state index contributed by atoms with van der Waals surface area (Å²) < 4.78 is 22.7. The molecule has 10 heteroatoms. The van der Waals surface area contributed by atoms with E-state index < -0.39 is 46.7 Å². The number of allylic oxidation sites excluding steroid dienone is 4. The maximum atomic E-state index is 14.6. The minimum absolute atomic E-state index is 0.000964. The SMILES string of the molecule is CC(=O)OC1CC(OC(=O)[C@@]23CCC4C(C(=O)C=C5[C@@]6(C)C=C(C#N)C(=O)C(C)(C)C6CC[C@]54C)C2CC(C)(C)CC3)OC[C@@H]1OC(C)=O. The lowest BCUT2D eigenvalue weighted by Crippen LogP contribution is -2.62. The molecule has 3 saturated carbocycles. The summed E-state index contributed by atoms with van der Waals surface area (Å²) >= 11 is 0. The Balaban J connectivity index is 1.33. The number of carbonyl (C=O) groups excluding carboxylic acids is 5. The van der Waals surface area contributed by atoms with Gasteiger partial charge in [0, 0.05) is 30.6 Å². The molecule has 0 aromatic carbocycles. The van der Waals surface area contributed by atoms with Crippen LogP contribution in [0.4, 0.5) is 0 Å². The monoisotopic (exact) mass is 677 g/mol. The number of hydrogen-bond donors (Lipinski definition) is 0. The van der Waals surface area contributed by atoms with Crippen LogP contribution in [0.1, 0.15) is 107 Å². The highest BCUT2D eigenvalue weighted by Gasteiger charge is 2.67. The summed E-state index contributed by atoms with van der Waals surface area (Å²) in [7, 11) is 0.